The van der Waals surface area contributed by atoms with Crippen LogP contribution in [0.25, 0.3) is 0 Å². The van der Waals surface area contributed by atoms with Crippen molar-refractivity contribution in [1.29, 1.82) is 0 Å². The van der Waals surface area contributed by atoms with Crippen molar-refractivity contribution in [3.05, 3.63) is 35.0 Å². The van der Waals surface area contributed by atoms with E-state index in [2.05, 4.69) is 15.0 Å². The molecule has 8 nitrogen and oxygen atoms in total. The lowest BCUT2D eigenvalue weighted by atomic mass is 9.89. The molecule has 0 atom stereocenters. The van der Waals surface area contributed by atoms with Gasteiger partial charge in [-0.2, -0.15) is 8.42 Å². The molecule has 23 heavy (non-hydrogen) atoms. The Morgan fingerprint density at radius 2 is 1.91 bits per heavy atom. The first-order valence-corrected chi connectivity index (χ1v) is 8.63. The van der Waals surface area contributed by atoms with Crippen LogP contribution in [0.3, 0.4) is 0 Å². The molecule has 2 aromatic rings. The number of aryl methyl sites for hydroxylation is 3. The molecule has 1 aromatic carbocycles. The summed E-state index contributed by atoms with van der Waals surface area (Å²) in [5.41, 5.74) is 1.98. The highest BCUT2D eigenvalue weighted by atomic mass is 32.2. The number of hydrogen-bond donors (Lipinski definition) is 2. The van der Waals surface area contributed by atoms with Crippen LogP contribution in [0.2, 0.25) is 0 Å². The van der Waals surface area contributed by atoms with Crippen LogP contribution in [-0.2, 0) is 29.9 Å². The predicted octanol–water partition coefficient (Wildman–Crippen LogP) is 1.19. The van der Waals surface area contributed by atoms with Crippen LogP contribution >= 0.6 is 0 Å². The van der Waals surface area contributed by atoms with Gasteiger partial charge >= 0.3 is 5.97 Å². The van der Waals surface area contributed by atoms with Crippen molar-refractivity contribution in [1.82, 2.24) is 15.0 Å². The van der Waals surface area contributed by atoms with Gasteiger partial charge in [-0.1, -0.05) is 5.21 Å². The van der Waals surface area contributed by atoms with Crippen molar-refractivity contribution in [2.45, 2.75) is 30.7 Å². The quantitative estimate of drug-likeness (QED) is 0.867. The van der Waals surface area contributed by atoms with Gasteiger partial charge in [0.2, 0.25) is 0 Å². The largest absolute Gasteiger partial charge is 0.478 e. The summed E-state index contributed by atoms with van der Waals surface area (Å²) in [5, 5.41) is 16.4. The summed E-state index contributed by atoms with van der Waals surface area (Å²) in [5.74, 6) is -1.17. The van der Waals surface area contributed by atoms with Crippen LogP contribution in [0.1, 0.15) is 34.3 Å². The summed E-state index contributed by atoms with van der Waals surface area (Å²) < 4.78 is 28.3. The highest BCUT2D eigenvalue weighted by Gasteiger charge is 2.24. The third-order valence-corrected chi connectivity index (χ3v) is 5.31. The molecular formula is C14H16N4O4S. The summed E-state index contributed by atoms with van der Waals surface area (Å²) in [4.78, 5) is 11.5. The molecule has 1 aromatic heterocycles. The summed E-state index contributed by atoms with van der Waals surface area (Å²) in [6.07, 6.45) is 4.77. The number of carbonyl (C=O) groups is 1. The first kappa shape index (κ1) is 15.5. The molecule has 0 spiro atoms. The zero-order valence-corrected chi connectivity index (χ0v) is 13.3. The van der Waals surface area contributed by atoms with Crippen molar-refractivity contribution < 1.29 is 18.3 Å². The van der Waals surface area contributed by atoms with Crippen LogP contribution in [0, 0.1) is 0 Å². The number of nitrogens with zero attached hydrogens (tertiary/aromatic N) is 3. The van der Waals surface area contributed by atoms with Gasteiger partial charge in [0.25, 0.3) is 10.0 Å². The Morgan fingerprint density at radius 1 is 1.26 bits per heavy atom. The van der Waals surface area contributed by atoms with Gasteiger partial charge in [-0.25, -0.2) is 9.48 Å². The Balaban J connectivity index is 2.05. The molecule has 0 radical (unpaired) electrons. The van der Waals surface area contributed by atoms with E-state index in [0.29, 0.717) is 0 Å². The summed E-state index contributed by atoms with van der Waals surface area (Å²) in [7, 11) is -2.51. The lowest BCUT2D eigenvalue weighted by molar-refractivity contribution is 0.0698. The van der Waals surface area contributed by atoms with E-state index in [1.165, 1.54) is 7.05 Å². The molecule has 2 N–H and O–H groups in total. The van der Waals surface area contributed by atoms with Crippen LogP contribution in [-0.4, -0.2) is 34.5 Å². The van der Waals surface area contributed by atoms with Crippen LogP contribution in [0.15, 0.2) is 23.4 Å². The lowest BCUT2D eigenvalue weighted by Crippen LogP contribution is -2.19. The minimum Gasteiger partial charge on any atom is -0.478 e. The van der Waals surface area contributed by atoms with Crippen LogP contribution < -0.4 is 4.72 Å². The third kappa shape index (κ3) is 2.91. The van der Waals surface area contributed by atoms with E-state index >= 15 is 0 Å². The number of benzene rings is 1. The highest BCUT2D eigenvalue weighted by Crippen LogP contribution is 2.29. The average molecular weight is 336 g/mol. The lowest BCUT2D eigenvalue weighted by Gasteiger charge is -2.19. The Morgan fingerprint density at radius 3 is 2.48 bits per heavy atom. The number of sulfonamides is 1. The second-order valence-electron chi connectivity index (χ2n) is 5.48. The number of carboxylic acid groups (broad SMARTS) is 1. The molecule has 0 amide bonds. The van der Waals surface area contributed by atoms with Gasteiger partial charge in [0, 0.05) is 7.05 Å². The minimum absolute atomic E-state index is 0.0515. The molecular weight excluding hydrogens is 320 g/mol. The Hall–Kier alpha value is -2.42. The maximum Gasteiger partial charge on any atom is 0.337 e. The van der Waals surface area contributed by atoms with Gasteiger partial charge in [-0.15, -0.1) is 5.10 Å². The number of carboxylic acids is 1. The van der Waals surface area contributed by atoms with E-state index in [1.807, 2.05) is 0 Å². The van der Waals surface area contributed by atoms with Gasteiger partial charge in [-0.3, -0.25) is 4.72 Å². The zero-order valence-electron chi connectivity index (χ0n) is 12.5. The van der Waals surface area contributed by atoms with E-state index in [4.69, 9.17) is 0 Å². The Kier molecular flexibility index (Phi) is 3.80. The summed E-state index contributed by atoms with van der Waals surface area (Å²) >= 11 is 0. The van der Waals surface area contributed by atoms with E-state index < -0.39 is 16.0 Å². The highest BCUT2D eigenvalue weighted by molar-refractivity contribution is 7.92. The normalized spacial score (nSPS) is 14.3. The second kappa shape index (κ2) is 5.65. The molecule has 0 bridgehead atoms. The minimum atomic E-state index is -3.96. The molecule has 1 aliphatic rings. The summed E-state index contributed by atoms with van der Waals surface area (Å²) in [6.45, 7) is 0. The third-order valence-electron chi connectivity index (χ3n) is 3.90. The molecule has 1 heterocycles. The number of anilines is 1. The van der Waals surface area contributed by atoms with Crippen molar-refractivity contribution in [2.24, 2.45) is 7.05 Å². The van der Waals surface area contributed by atoms with E-state index in [1.54, 1.807) is 12.1 Å². The Labute approximate surface area is 133 Å². The van der Waals surface area contributed by atoms with Gasteiger partial charge in [-0.05, 0) is 48.9 Å². The average Bonchev–Trinajstić information content (AvgIpc) is 2.93. The van der Waals surface area contributed by atoms with Crippen molar-refractivity contribution in [3.63, 3.8) is 0 Å². The fraction of sp³-hybridized carbons (Fsp3) is 0.357. The van der Waals surface area contributed by atoms with Crippen molar-refractivity contribution in [2.75, 3.05) is 4.72 Å². The number of nitrogens with one attached hydrogen (secondary N) is 1. The first-order valence-electron chi connectivity index (χ1n) is 7.15. The number of aromatic nitrogens is 3. The number of rotatable bonds is 4. The first-order chi connectivity index (χ1) is 10.9. The SMILES string of the molecule is Cn1nncc1S(=O)(=O)Nc1cc2c(cc1C(=O)O)CCCC2. The molecule has 0 aliphatic heterocycles. The van der Waals surface area contributed by atoms with Crippen LogP contribution in [0.5, 0.6) is 0 Å². The zero-order chi connectivity index (χ0) is 16.6. The standard InChI is InChI=1S/C14H16N4O4S/c1-18-13(8-15-17-18)23(21,22)16-12-7-10-5-3-2-4-9(10)6-11(12)14(19)20/h6-8,16H,2-5H2,1H3,(H,19,20). The number of fused-ring (bicyclic) bond motifs is 1. The van der Waals surface area contributed by atoms with Crippen LogP contribution in [0.4, 0.5) is 5.69 Å². The fourth-order valence-electron chi connectivity index (χ4n) is 2.77. The Bertz CT molecular complexity index is 873. The maximum absolute atomic E-state index is 12.4. The number of aromatic carboxylic acids is 1. The van der Waals surface area contributed by atoms with E-state index in [9.17, 15) is 18.3 Å². The van der Waals surface area contributed by atoms with Crippen molar-refractivity contribution >= 4 is 21.7 Å². The molecule has 3 rings (SSSR count). The fourth-order valence-corrected chi connectivity index (χ4v) is 3.90. The molecule has 0 saturated carbocycles. The molecule has 1 aliphatic carbocycles. The van der Waals surface area contributed by atoms with Gasteiger partial charge < -0.3 is 5.11 Å². The molecule has 122 valence electrons. The second-order valence-corrected chi connectivity index (χ2v) is 7.11. The van der Waals surface area contributed by atoms with Crippen molar-refractivity contribution in [3.8, 4) is 0 Å². The van der Waals surface area contributed by atoms with E-state index in [-0.39, 0.29) is 16.3 Å². The van der Waals surface area contributed by atoms with Gasteiger partial charge in [0.15, 0.2) is 5.03 Å². The summed E-state index contributed by atoms with van der Waals surface area (Å²) in [6, 6.07) is 3.19. The predicted molar refractivity (Wildman–Crippen MR) is 81.9 cm³/mol. The molecule has 0 fully saturated rings. The van der Waals surface area contributed by atoms with E-state index in [0.717, 1.165) is 47.7 Å². The monoisotopic (exact) mass is 336 g/mol. The maximum atomic E-state index is 12.4. The molecule has 0 saturated heterocycles. The van der Waals surface area contributed by atoms with Gasteiger partial charge in [0.05, 0.1) is 17.4 Å². The number of hydrogen-bond acceptors (Lipinski definition) is 5. The molecule has 0 unspecified atom stereocenters. The molecule has 9 heteroatoms. The topological polar surface area (TPSA) is 114 Å². The van der Waals surface area contributed by atoms with Gasteiger partial charge in [0.1, 0.15) is 0 Å². The smallest absolute Gasteiger partial charge is 0.337 e.